The number of carbonyl (C=O) groups is 1. The Morgan fingerprint density at radius 3 is 2.31 bits per heavy atom. The Hall–Kier alpha value is -4.00. The maximum atomic E-state index is 13.3. The molecule has 0 saturated carbocycles. The molecule has 0 N–H and O–H groups in total. The van der Waals surface area contributed by atoms with Crippen LogP contribution in [0.2, 0.25) is 0 Å². The molecule has 4 rings (SSSR count). The molecule has 0 aliphatic rings. The number of allylic oxidation sites excluding steroid dienone is 2. The van der Waals surface area contributed by atoms with Gasteiger partial charge in [-0.25, -0.2) is 4.52 Å². The van der Waals surface area contributed by atoms with Crippen LogP contribution >= 0.6 is 0 Å². The Kier molecular flexibility index (Phi) is 5.73. The number of hydrogen-bond donors (Lipinski definition) is 0. The number of carbonyl (C=O) groups excluding carboxylic acids is 1. The van der Waals surface area contributed by atoms with Gasteiger partial charge in [-0.1, -0.05) is 24.3 Å². The Bertz CT molecular complexity index is 1340. The summed E-state index contributed by atoms with van der Waals surface area (Å²) in [7, 11) is 4.67. The number of nitrogens with zero attached hydrogens (tertiary/aromatic N) is 3. The van der Waals surface area contributed by atoms with Crippen molar-refractivity contribution in [3.8, 4) is 17.2 Å². The van der Waals surface area contributed by atoms with Gasteiger partial charge in [-0.2, -0.15) is 5.10 Å². The van der Waals surface area contributed by atoms with Gasteiger partial charge in [0.05, 0.1) is 43.6 Å². The molecule has 0 unspecified atom stereocenters. The van der Waals surface area contributed by atoms with E-state index in [4.69, 9.17) is 14.2 Å². The average Bonchev–Trinajstić information content (AvgIpc) is 3.30. The molecule has 0 bridgehead atoms. The SMILES string of the molecule is C=CCn1c2ccccc2n2nc(C)c(C(=O)/C=C/c3cc(OC)c(OC)c(OC)c3)c12. The minimum Gasteiger partial charge on any atom is -0.493 e. The minimum atomic E-state index is -0.139. The molecular formula is C25H25N3O4. The zero-order valence-corrected chi connectivity index (χ0v) is 18.6. The van der Waals surface area contributed by atoms with Crippen molar-refractivity contribution in [1.29, 1.82) is 0 Å². The summed E-state index contributed by atoms with van der Waals surface area (Å²) < 4.78 is 20.1. The standard InChI is InChI=1S/C25H25N3O4/c1-6-13-27-18-9-7-8-10-19(18)28-25(27)23(16(2)26-28)20(29)12-11-17-14-21(30-3)24(32-5)22(15-17)31-4/h6-12,14-15H,1,13H2,2-5H3/b12-11+. The molecule has 7 nitrogen and oxygen atoms in total. The van der Waals surface area contributed by atoms with Crippen molar-refractivity contribution in [3.05, 3.63) is 72.0 Å². The number of para-hydroxylation sites is 2. The maximum Gasteiger partial charge on any atom is 0.203 e. The second-order valence-electron chi connectivity index (χ2n) is 7.24. The molecule has 0 spiro atoms. The zero-order chi connectivity index (χ0) is 22.8. The fourth-order valence-corrected chi connectivity index (χ4v) is 3.97. The maximum absolute atomic E-state index is 13.3. The van der Waals surface area contributed by atoms with Crippen LogP contribution in [-0.4, -0.2) is 41.3 Å². The van der Waals surface area contributed by atoms with E-state index in [2.05, 4.69) is 16.2 Å². The smallest absolute Gasteiger partial charge is 0.203 e. The molecule has 0 aliphatic carbocycles. The number of ether oxygens (including phenoxy) is 3. The molecule has 32 heavy (non-hydrogen) atoms. The van der Waals surface area contributed by atoms with Crippen LogP contribution in [0.5, 0.6) is 17.2 Å². The Morgan fingerprint density at radius 1 is 1.06 bits per heavy atom. The topological polar surface area (TPSA) is 67.0 Å². The van der Waals surface area contributed by atoms with Gasteiger partial charge in [0.1, 0.15) is 5.65 Å². The van der Waals surface area contributed by atoms with Crippen LogP contribution < -0.4 is 14.2 Å². The van der Waals surface area contributed by atoms with Crippen molar-refractivity contribution in [2.45, 2.75) is 13.5 Å². The molecule has 0 atom stereocenters. The number of fused-ring (bicyclic) bond motifs is 3. The second kappa shape index (κ2) is 8.63. The van der Waals surface area contributed by atoms with Crippen LogP contribution in [0.1, 0.15) is 21.6 Å². The lowest BCUT2D eigenvalue weighted by atomic mass is 10.1. The first kappa shape index (κ1) is 21.2. The Balaban J connectivity index is 1.81. The lowest BCUT2D eigenvalue weighted by Crippen LogP contribution is -2.02. The van der Waals surface area contributed by atoms with Crippen LogP contribution in [0.4, 0.5) is 0 Å². The third kappa shape index (κ3) is 3.41. The highest BCUT2D eigenvalue weighted by Gasteiger charge is 2.22. The van der Waals surface area contributed by atoms with Crippen molar-refractivity contribution in [2.24, 2.45) is 0 Å². The number of aromatic nitrogens is 3. The highest BCUT2D eigenvalue weighted by Crippen LogP contribution is 2.38. The summed E-state index contributed by atoms with van der Waals surface area (Å²) in [5, 5.41) is 4.65. The van der Waals surface area contributed by atoms with Gasteiger partial charge in [0.25, 0.3) is 0 Å². The summed E-state index contributed by atoms with van der Waals surface area (Å²) in [6.45, 7) is 6.29. The summed E-state index contributed by atoms with van der Waals surface area (Å²) in [4.78, 5) is 13.3. The molecule has 7 heteroatoms. The zero-order valence-electron chi connectivity index (χ0n) is 18.6. The molecule has 2 aromatic carbocycles. The number of hydrogen-bond acceptors (Lipinski definition) is 5. The summed E-state index contributed by atoms with van der Waals surface area (Å²) in [5.74, 6) is 1.41. The van der Waals surface area contributed by atoms with Gasteiger partial charge in [-0.3, -0.25) is 4.79 Å². The lowest BCUT2D eigenvalue weighted by Gasteiger charge is -2.12. The first-order valence-electron chi connectivity index (χ1n) is 10.1. The van der Waals surface area contributed by atoms with Crippen molar-refractivity contribution >= 4 is 28.5 Å². The normalized spacial score (nSPS) is 11.4. The predicted octanol–water partition coefficient (Wildman–Crippen LogP) is 4.71. The highest BCUT2D eigenvalue weighted by molar-refractivity contribution is 6.12. The molecule has 0 saturated heterocycles. The summed E-state index contributed by atoms with van der Waals surface area (Å²) in [5.41, 5.74) is 4.68. The van der Waals surface area contributed by atoms with E-state index < -0.39 is 0 Å². The summed E-state index contributed by atoms with van der Waals surface area (Å²) in [6, 6.07) is 11.5. The first-order valence-corrected chi connectivity index (χ1v) is 10.1. The summed E-state index contributed by atoms with van der Waals surface area (Å²) >= 11 is 0. The molecule has 164 valence electrons. The van der Waals surface area contributed by atoms with E-state index in [1.807, 2.05) is 41.8 Å². The highest BCUT2D eigenvalue weighted by atomic mass is 16.5. The van der Waals surface area contributed by atoms with Gasteiger partial charge in [0, 0.05) is 6.54 Å². The van der Waals surface area contributed by atoms with Gasteiger partial charge < -0.3 is 18.8 Å². The number of ketones is 1. The molecule has 2 aromatic heterocycles. The largest absolute Gasteiger partial charge is 0.493 e. The Morgan fingerprint density at radius 2 is 1.72 bits per heavy atom. The van der Waals surface area contributed by atoms with Gasteiger partial charge in [-0.15, -0.1) is 6.58 Å². The van der Waals surface area contributed by atoms with Gasteiger partial charge in [-0.05, 0) is 42.8 Å². The van der Waals surface area contributed by atoms with E-state index in [1.54, 1.807) is 45.6 Å². The fourth-order valence-electron chi connectivity index (χ4n) is 3.97. The van der Waals surface area contributed by atoms with Crippen molar-refractivity contribution in [2.75, 3.05) is 21.3 Å². The van der Waals surface area contributed by atoms with Crippen LogP contribution in [-0.2, 0) is 6.54 Å². The predicted molar refractivity (Wildman–Crippen MR) is 125 cm³/mol. The molecule has 4 aromatic rings. The number of aryl methyl sites for hydroxylation is 1. The fraction of sp³-hybridized carbons (Fsp3) is 0.200. The third-order valence-electron chi connectivity index (χ3n) is 5.36. The monoisotopic (exact) mass is 431 g/mol. The van der Waals surface area contributed by atoms with Crippen molar-refractivity contribution < 1.29 is 19.0 Å². The molecule has 0 radical (unpaired) electrons. The molecule has 0 aliphatic heterocycles. The Labute approximate surface area is 186 Å². The van der Waals surface area contributed by atoms with Crippen molar-refractivity contribution in [3.63, 3.8) is 0 Å². The van der Waals surface area contributed by atoms with E-state index in [-0.39, 0.29) is 5.78 Å². The van der Waals surface area contributed by atoms with Gasteiger partial charge >= 0.3 is 0 Å². The van der Waals surface area contributed by atoms with E-state index in [0.717, 1.165) is 22.2 Å². The van der Waals surface area contributed by atoms with Crippen LogP contribution in [0.3, 0.4) is 0 Å². The van der Waals surface area contributed by atoms with E-state index >= 15 is 0 Å². The minimum absolute atomic E-state index is 0.139. The van der Waals surface area contributed by atoms with Crippen LogP contribution in [0.25, 0.3) is 22.8 Å². The third-order valence-corrected chi connectivity index (χ3v) is 5.36. The van der Waals surface area contributed by atoms with Crippen LogP contribution in [0, 0.1) is 6.92 Å². The quantitative estimate of drug-likeness (QED) is 0.230. The number of benzene rings is 2. The van der Waals surface area contributed by atoms with Gasteiger partial charge in [0.2, 0.25) is 5.75 Å². The van der Waals surface area contributed by atoms with E-state index in [1.165, 1.54) is 0 Å². The first-order chi connectivity index (χ1) is 15.5. The molecule has 0 fully saturated rings. The number of imidazole rings is 1. The van der Waals surface area contributed by atoms with E-state index in [0.29, 0.717) is 35.1 Å². The second-order valence-corrected chi connectivity index (χ2v) is 7.24. The number of methoxy groups -OCH3 is 3. The summed E-state index contributed by atoms with van der Waals surface area (Å²) in [6.07, 6.45) is 5.09. The van der Waals surface area contributed by atoms with E-state index in [9.17, 15) is 4.79 Å². The van der Waals surface area contributed by atoms with Gasteiger partial charge in [0.15, 0.2) is 17.3 Å². The average molecular weight is 431 g/mol. The molecular weight excluding hydrogens is 406 g/mol. The number of rotatable bonds is 8. The molecule has 2 heterocycles. The lowest BCUT2D eigenvalue weighted by molar-refractivity contribution is 0.104. The van der Waals surface area contributed by atoms with Crippen LogP contribution in [0.15, 0.2) is 55.1 Å². The molecule has 0 amide bonds. The van der Waals surface area contributed by atoms with Crippen molar-refractivity contribution in [1.82, 2.24) is 14.2 Å².